The summed E-state index contributed by atoms with van der Waals surface area (Å²) in [6, 6.07) is 0. The van der Waals surface area contributed by atoms with Crippen LogP contribution < -0.4 is 5.32 Å². The van der Waals surface area contributed by atoms with E-state index in [2.05, 4.69) is 15.5 Å². The average Bonchev–Trinajstić information content (AvgIpc) is 2.53. The zero-order chi connectivity index (χ0) is 9.10. The zero-order valence-electron chi connectivity index (χ0n) is 7.92. The van der Waals surface area contributed by atoms with Crippen LogP contribution in [0.5, 0.6) is 0 Å². The Morgan fingerprint density at radius 2 is 2.54 bits per heavy atom. The molecule has 1 N–H and O–H groups in total. The third-order valence-electron chi connectivity index (χ3n) is 2.44. The molecule has 4 heteroatoms. The molecule has 1 aliphatic rings. The molecule has 1 saturated heterocycles. The second-order valence-corrected chi connectivity index (χ2v) is 3.65. The topological polar surface area (TPSA) is 51.0 Å². The van der Waals surface area contributed by atoms with Crippen LogP contribution in [-0.4, -0.2) is 23.2 Å². The highest BCUT2D eigenvalue weighted by Crippen LogP contribution is 2.14. The van der Waals surface area contributed by atoms with Gasteiger partial charge in [0.05, 0.1) is 0 Å². The molecule has 13 heavy (non-hydrogen) atoms. The summed E-state index contributed by atoms with van der Waals surface area (Å²) in [6.07, 6.45) is 3.49. The maximum absolute atomic E-state index is 4.92. The molecule has 1 aromatic heterocycles. The van der Waals surface area contributed by atoms with Crippen molar-refractivity contribution in [3.8, 4) is 0 Å². The van der Waals surface area contributed by atoms with Crippen LogP contribution in [0.15, 0.2) is 4.52 Å². The van der Waals surface area contributed by atoms with E-state index in [-0.39, 0.29) is 0 Å². The van der Waals surface area contributed by atoms with Crippen LogP contribution in [0, 0.1) is 12.8 Å². The fourth-order valence-electron chi connectivity index (χ4n) is 1.78. The Morgan fingerprint density at radius 1 is 1.62 bits per heavy atom. The lowest BCUT2D eigenvalue weighted by Crippen LogP contribution is -2.31. The van der Waals surface area contributed by atoms with Gasteiger partial charge < -0.3 is 9.84 Å². The molecule has 0 saturated carbocycles. The number of hydrogen-bond donors (Lipinski definition) is 1. The van der Waals surface area contributed by atoms with Crippen LogP contribution in [0.4, 0.5) is 0 Å². The lowest BCUT2D eigenvalue weighted by molar-refractivity contribution is 0.354. The van der Waals surface area contributed by atoms with Gasteiger partial charge in [0.1, 0.15) is 0 Å². The van der Waals surface area contributed by atoms with Crippen LogP contribution in [0.3, 0.4) is 0 Å². The van der Waals surface area contributed by atoms with Gasteiger partial charge in [-0.2, -0.15) is 4.98 Å². The first-order chi connectivity index (χ1) is 6.34. The Morgan fingerprint density at radius 3 is 3.15 bits per heavy atom. The van der Waals surface area contributed by atoms with Crippen molar-refractivity contribution in [3.05, 3.63) is 11.7 Å². The van der Waals surface area contributed by atoms with Crippen LogP contribution in [0.25, 0.3) is 0 Å². The molecule has 72 valence electrons. The highest BCUT2D eigenvalue weighted by atomic mass is 16.5. The van der Waals surface area contributed by atoms with Crippen molar-refractivity contribution in [2.75, 3.05) is 13.1 Å². The van der Waals surface area contributed by atoms with Crippen molar-refractivity contribution in [1.82, 2.24) is 15.5 Å². The molecule has 0 aliphatic carbocycles. The van der Waals surface area contributed by atoms with Crippen molar-refractivity contribution in [2.45, 2.75) is 26.2 Å². The maximum Gasteiger partial charge on any atom is 0.223 e. The van der Waals surface area contributed by atoms with Gasteiger partial charge in [0, 0.05) is 13.3 Å². The predicted molar refractivity (Wildman–Crippen MR) is 48.3 cm³/mol. The summed E-state index contributed by atoms with van der Waals surface area (Å²) in [5, 5.41) is 7.27. The monoisotopic (exact) mass is 181 g/mol. The number of nitrogens with zero attached hydrogens (tertiary/aromatic N) is 2. The van der Waals surface area contributed by atoms with Gasteiger partial charge in [-0.25, -0.2) is 0 Å². The van der Waals surface area contributed by atoms with E-state index in [4.69, 9.17) is 4.52 Å². The summed E-state index contributed by atoms with van der Waals surface area (Å²) in [5.41, 5.74) is 0. The van der Waals surface area contributed by atoms with Crippen LogP contribution in [-0.2, 0) is 6.42 Å². The molecule has 0 unspecified atom stereocenters. The Balaban J connectivity index is 1.89. The normalized spacial score (nSPS) is 23.3. The van der Waals surface area contributed by atoms with E-state index >= 15 is 0 Å². The largest absolute Gasteiger partial charge is 0.340 e. The molecule has 0 spiro atoms. The lowest BCUT2D eigenvalue weighted by atomic mass is 9.96. The minimum Gasteiger partial charge on any atom is -0.340 e. The molecule has 1 fully saturated rings. The van der Waals surface area contributed by atoms with E-state index in [1.165, 1.54) is 12.8 Å². The summed E-state index contributed by atoms with van der Waals surface area (Å²) in [5.74, 6) is 2.20. The molecule has 0 amide bonds. The maximum atomic E-state index is 4.92. The van der Waals surface area contributed by atoms with Gasteiger partial charge in [0.15, 0.2) is 5.82 Å². The Kier molecular flexibility index (Phi) is 2.59. The SMILES string of the molecule is Cc1nc(C[C@H]2CCCNC2)no1. The lowest BCUT2D eigenvalue weighted by Gasteiger charge is -2.20. The van der Waals surface area contributed by atoms with Crippen LogP contribution in [0.1, 0.15) is 24.6 Å². The van der Waals surface area contributed by atoms with Gasteiger partial charge in [-0.1, -0.05) is 5.16 Å². The molecule has 0 radical (unpaired) electrons. The molecule has 1 aromatic rings. The molecular formula is C9H15N3O. The number of nitrogens with one attached hydrogen (secondary N) is 1. The first kappa shape index (κ1) is 8.69. The predicted octanol–water partition coefficient (Wildman–Crippen LogP) is 0.920. The first-order valence-corrected chi connectivity index (χ1v) is 4.84. The second kappa shape index (κ2) is 3.87. The van der Waals surface area contributed by atoms with Gasteiger partial charge >= 0.3 is 0 Å². The summed E-state index contributed by atoms with van der Waals surface area (Å²) < 4.78 is 4.92. The van der Waals surface area contributed by atoms with E-state index in [0.717, 1.165) is 25.3 Å². The summed E-state index contributed by atoms with van der Waals surface area (Å²) >= 11 is 0. The zero-order valence-corrected chi connectivity index (χ0v) is 7.92. The Hall–Kier alpha value is -0.900. The number of aromatic nitrogens is 2. The van der Waals surface area contributed by atoms with Gasteiger partial charge in [0.2, 0.25) is 5.89 Å². The number of hydrogen-bond acceptors (Lipinski definition) is 4. The van der Waals surface area contributed by atoms with Crippen LogP contribution in [0.2, 0.25) is 0 Å². The van der Waals surface area contributed by atoms with Crippen LogP contribution >= 0.6 is 0 Å². The molecule has 1 atom stereocenters. The molecule has 0 aromatic carbocycles. The Bertz CT molecular complexity index is 266. The minimum absolute atomic E-state index is 0.666. The molecule has 1 aliphatic heterocycles. The van der Waals surface area contributed by atoms with Crippen molar-refractivity contribution in [2.24, 2.45) is 5.92 Å². The van der Waals surface area contributed by atoms with E-state index in [9.17, 15) is 0 Å². The Labute approximate surface area is 77.7 Å². The van der Waals surface area contributed by atoms with Gasteiger partial charge in [-0.05, 0) is 31.8 Å². The molecule has 0 bridgehead atoms. The third kappa shape index (κ3) is 2.28. The van der Waals surface area contributed by atoms with Crippen molar-refractivity contribution >= 4 is 0 Å². The van der Waals surface area contributed by atoms with Crippen molar-refractivity contribution in [3.63, 3.8) is 0 Å². The summed E-state index contributed by atoms with van der Waals surface area (Å²) in [4.78, 5) is 4.20. The molecule has 4 nitrogen and oxygen atoms in total. The van der Waals surface area contributed by atoms with Crippen molar-refractivity contribution in [1.29, 1.82) is 0 Å². The number of aryl methyl sites for hydroxylation is 1. The van der Waals surface area contributed by atoms with E-state index in [0.29, 0.717) is 11.8 Å². The number of piperidine rings is 1. The van der Waals surface area contributed by atoms with E-state index < -0.39 is 0 Å². The van der Waals surface area contributed by atoms with E-state index in [1.54, 1.807) is 0 Å². The highest BCUT2D eigenvalue weighted by molar-refractivity contribution is 4.87. The highest BCUT2D eigenvalue weighted by Gasteiger charge is 2.15. The molecular weight excluding hydrogens is 166 g/mol. The molecule has 2 rings (SSSR count). The fourth-order valence-corrected chi connectivity index (χ4v) is 1.78. The minimum atomic E-state index is 0.666. The molecule has 2 heterocycles. The number of rotatable bonds is 2. The van der Waals surface area contributed by atoms with Crippen molar-refractivity contribution < 1.29 is 4.52 Å². The smallest absolute Gasteiger partial charge is 0.223 e. The quantitative estimate of drug-likeness (QED) is 0.737. The third-order valence-corrected chi connectivity index (χ3v) is 2.44. The van der Waals surface area contributed by atoms with Gasteiger partial charge in [-0.15, -0.1) is 0 Å². The van der Waals surface area contributed by atoms with E-state index in [1.807, 2.05) is 6.92 Å². The van der Waals surface area contributed by atoms with Gasteiger partial charge in [-0.3, -0.25) is 0 Å². The van der Waals surface area contributed by atoms with Gasteiger partial charge in [0.25, 0.3) is 0 Å². The average molecular weight is 181 g/mol. The first-order valence-electron chi connectivity index (χ1n) is 4.84. The second-order valence-electron chi connectivity index (χ2n) is 3.65. The summed E-state index contributed by atoms with van der Waals surface area (Å²) in [7, 11) is 0. The summed E-state index contributed by atoms with van der Waals surface area (Å²) in [6.45, 7) is 4.07. The fraction of sp³-hybridized carbons (Fsp3) is 0.778. The standard InChI is InChI=1S/C9H15N3O/c1-7-11-9(12-13-7)5-8-3-2-4-10-6-8/h8,10H,2-6H2,1H3/t8-/m1/s1.